The molecule has 0 aliphatic carbocycles. The Kier molecular flexibility index (Phi) is 9.65. The van der Waals surface area contributed by atoms with Crippen LogP contribution < -0.4 is 0 Å². The predicted octanol–water partition coefficient (Wildman–Crippen LogP) is 5.49. The van der Waals surface area contributed by atoms with Crippen molar-refractivity contribution >= 4 is 11.6 Å². The minimum atomic E-state index is -0.776. The second-order valence-electron chi connectivity index (χ2n) is 6.48. The van der Waals surface area contributed by atoms with E-state index in [9.17, 15) is 9.59 Å². The molecule has 0 aromatic heterocycles. The number of benzene rings is 3. The first kappa shape index (κ1) is 23.2. The Hall–Kier alpha value is -3.08. The van der Waals surface area contributed by atoms with Gasteiger partial charge in [-0.3, -0.25) is 9.59 Å². The van der Waals surface area contributed by atoms with E-state index in [0.717, 1.165) is 16.7 Å². The molecule has 3 aromatic rings. The van der Waals surface area contributed by atoms with Crippen LogP contribution in [0.2, 0.25) is 0 Å². The number of rotatable bonds is 8. The molecule has 0 N–H and O–H groups in total. The summed E-state index contributed by atoms with van der Waals surface area (Å²) in [7, 11) is 0. The Morgan fingerprint density at radius 1 is 0.700 bits per heavy atom. The van der Waals surface area contributed by atoms with Crippen LogP contribution in [-0.2, 0) is 9.47 Å². The van der Waals surface area contributed by atoms with Crippen LogP contribution in [0.1, 0.15) is 45.7 Å². The molecule has 0 saturated heterocycles. The van der Waals surface area contributed by atoms with Crippen molar-refractivity contribution in [3.63, 3.8) is 0 Å². The lowest BCUT2D eigenvalue weighted by Gasteiger charge is -2.15. The van der Waals surface area contributed by atoms with E-state index in [-0.39, 0.29) is 11.6 Å². The molecule has 0 amide bonds. The molecule has 0 aliphatic rings. The van der Waals surface area contributed by atoms with Crippen LogP contribution in [0.4, 0.5) is 0 Å². The highest BCUT2D eigenvalue weighted by atomic mass is 16.7. The van der Waals surface area contributed by atoms with E-state index >= 15 is 0 Å². The smallest absolute Gasteiger partial charge is 0.222 e. The highest BCUT2D eigenvalue weighted by Crippen LogP contribution is 2.13. The van der Waals surface area contributed by atoms with Crippen LogP contribution in [0.5, 0.6) is 0 Å². The molecule has 156 valence electrons. The second kappa shape index (κ2) is 12.5. The van der Waals surface area contributed by atoms with Gasteiger partial charge in [-0.25, -0.2) is 0 Å². The van der Waals surface area contributed by atoms with E-state index in [2.05, 4.69) is 0 Å². The van der Waals surface area contributed by atoms with Crippen molar-refractivity contribution < 1.29 is 19.1 Å². The number of aryl methyl sites for hydroxylation is 1. The first-order chi connectivity index (χ1) is 14.6. The fourth-order valence-electron chi connectivity index (χ4n) is 2.81. The minimum absolute atomic E-state index is 0.0914. The SMILES string of the molecule is CCOC(OCC)C(=O)c1ccccc1.Cc1ccccc1C(=O)c1ccccc1. The molecule has 0 radical (unpaired) electrons. The molecule has 0 bridgehead atoms. The number of ketones is 2. The summed E-state index contributed by atoms with van der Waals surface area (Å²) in [5.74, 6) is -0.0343. The van der Waals surface area contributed by atoms with Crippen molar-refractivity contribution in [2.45, 2.75) is 27.1 Å². The molecule has 0 atom stereocenters. The van der Waals surface area contributed by atoms with Crippen molar-refractivity contribution in [2.24, 2.45) is 0 Å². The van der Waals surface area contributed by atoms with Gasteiger partial charge in [0.2, 0.25) is 12.1 Å². The molecule has 0 saturated carbocycles. The van der Waals surface area contributed by atoms with Gasteiger partial charge in [-0.15, -0.1) is 0 Å². The van der Waals surface area contributed by atoms with E-state index in [1.807, 2.05) is 93.6 Å². The van der Waals surface area contributed by atoms with Crippen molar-refractivity contribution in [1.82, 2.24) is 0 Å². The number of carbonyl (C=O) groups is 2. The molecule has 0 heterocycles. The largest absolute Gasteiger partial charge is 0.346 e. The van der Waals surface area contributed by atoms with Crippen molar-refractivity contribution in [2.75, 3.05) is 13.2 Å². The maximum Gasteiger partial charge on any atom is 0.222 e. The van der Waals surface area contributed by atoms with E-state index in [1.54, 1.807) is 12.1 Å². The molecule has 0 fully saturated rings. The van der Waals surface area contributed by atoms with Crippen LogP contribution in [0.15, 0.2) is 84.9 Å². The summed E-state index contributed by atoms with van der Waals surface area (Å²) in [5.41, 5.74) is 3.16. The molecule has 3 rings (SSSR count). The Balaban J connectivity index is 0.000000214. The zero-order valence-corrected chi connectivity index (χ0v) is 17.7. The summed E-state index contributed by atoms with van der Waals surface area (Å²) in [6, 6.07) is 26.0. The summed E-state index contributed by atoms with van der Waals surface area (Å²) in [6.07, 6.45) is -0.776. The fraction of sp³-hybridized carbons (Fsp3) is 0.231. The summed E-state index contributed by atoms with van der Waals surface area (Å²) >= 11 is 0. The summed E-state index contributed by atoms with van der Waals surface area (Å²) in [4.78, 5) is 23.9. The van der Waals surface area contributed by atoms with Gasteiger partial charge in [0.15, 0.2) is 5.78 Å². The van der Waals surface area contributed by atoms with Gasteiger partial charge in [0.25, 0.3) is 0 Å². The lowest BCUT2D eigenvalue weighted by Crippen LogP contribution is -2.27. The number of ether oxygens (including phenoxy) is 2. The second-order valence-corrected chi connectivity index (χ2v) is 6.48. The van der Waals surface area contributed by atoms with Gasteiger partial charge in [0.05, 0.1) is 0 Å². The molecular weight excluding hydrogens is 376 g/mol. The number of carbonyl (C=O) groups excluding carboxylic acids is 2. The van der Waals surface area contributed by atoms with Gasteiger partial charge in [0, 0.05) is 29.9 Å². The Morgan fingerprint density at radius 2 is 1.17 bits per heavy atom. The molecule has 0 aliphatic heterocycles. The van der Waals surface area contributed by atoms with Gasteiger partial charge in [0.1, 0.15) is 0 Å². The maximum absolute atomic E-state index is 12.1. The quantitative estimate of drug-likeness (QED) is 0.368. The monoisotopic (exact) mass is 404 g/mol. The van der Waals surface area contributed by atoms with Gasteiger partial charge in [-0.2, -0.15) is 0 Å². The zero-order chi connectivity index (χ0) is 21.8. The fourth-order valence-corrected chi connectivity index (χ4v) is 2.81. The average Bonchev–Trinajstić information content (AvgIpc) is 2.80. The van der Waals surface area contributed by atoms with E-state index in [4.69, 9.17) is 9.47 Å². The third-order valence-electron chi connectivity index (χ3n) is 4.33. The van der Waals surface area contributed by atoms with Crippen molar-refractivity contribution in [3.05, 3.63) is 107 Å². The molecule has 0 unspecified atom stereocenters. The van der Waals surface area contributed by atoms with E-state index < -0.39 is 6.29 Å². The maximum atomic E-state index is 12.1. The van der Waals surface area contributed by atoms with Gasteiger partial charge in [-0.05, 0) is 26.3 Å². The average molecular weight is 405 g/mol. The predicted molar refractivity (Wildman–Crippen MR) is 119 cm³/mol. The van der Waals surface area contributed by atoms with Crippen LogP contribution in [0.25, 0.3) is 0 Å². The van der Waals surface area contributed by atoms with E-state index in [0.29, 0.717) is 18.8 Å². The first-order valence-electron chi connectivity index (χ1n) is 10.1. The van der Waals surface area contributed by atoms with Crippen LogP contribution >= 0.6 is 0 Å². The van der Waals surface area contributed by atoms with Gasteiger partial charge >= 0.3 is 0 Å². The highest BCUT2D eigenvalue weighted by Gasteiger charge is 2.19. The number of hydrogen-bond donors (Lipinski definition) is 0. The van der Waals surface area contributed by atoms with Crippen molar-refractivity contribution in [1.29, 1.82) is 0 Å². The third-order valence-corrected chi connectivity index (χ3v) is 4.33. The summed E-state index contributed by atoms with van der Waals surface area (Å²) in [6.45, 7) is 6.55. The van der Waals surface area contributed by atoms with Crippen molar-refractivity contribution in [3.8, 4) is 0 Å². The van der Waals surface area contributed by atoms with Crippen LogP contribution in [0, 0.1) is 6.92 Å². The Morgan fingerprint density at radius 3 is 1.67 bits per heavy atom. The molecular formula is C26H28O4. The summed E-state index contributed by atoms with van der Waals surface area (Å²) < 4.78 is 10.5. The van der Waals surface area contributed by atoms with Crippen LogP contribution in [0.3, 0.4) is 0 Å². The van der Waals surface area contributed by atoms with Crippen LogP contribution in [-0.4, -0.2) is 31.1 Å². The van der Waals surface area contributed by atoms with Gasteiger partial charge < -0.3 is 9.47 Å². The lowest BCUT2D eigenvalue weighted by atomic mass is 9.99. The highest BCUT2D eigenvalue weighted by molar-refractivity contribution is 6.09. The first-order valence-corrected chi connectivity index (χ1v) is 10.1. The molecule has 3 aromatic carbocycles. The molecule has 4 nitrogen and oxygen atoms in total. The Bertz CT molecular complexity index is 914. The Labute approximate surface area is 178 Å². The normalized spacial score (nSPS) is 10.3. The lowest BCUT2D eigenvalue weighted by molar-refractivity contribution is -0.107. The number of Topliss-reactive ketones (excluding diaryl/α,β-unsaturated/α-hetero) is 1. The topological polar surface area (TPSA) is 52.6 Å². The van der Waals surface area contributed by atoms with E-state index in [1.165, 1.54) is 0 Å². The molecule has 0 spiro atoms. The number of hydrogen-bond acceptors (Lipinski definition) is 4. The molecule has 4 heteroatoms. The summed E-state index contributed by atoms with van der Waals surface area (Å²) in [5, 5.41) is 0. The minimum Gasteiger partial charge on any atom is -0.346 e. The van der Waals surface area contributed by atoms with Gasteiger partial charge in [-0.1, -0.05) is 84.9 Å². The standard InChI is InChI=1S/C14H12O.C12H16O3/c1-11-7-5-6-10-13(11)14(15)12-8-3-2-4-9-12;1-3-14-12(15-4-2)11(13)10-8-6-5-7-9-10/h2-10H,1H3;5-9,12H,3-4H2,1-2H3. The zero-order valence-electron chi connectivity index (χ0n) is 17.7. The molecule has 30 heavy (non-hydrogen) atoms. The third kappa shape index (κ3) is 6.76.